The number of hydrogen-bond acceptors (Lipinski definition) is 3. The maximum Gasteiger partial charge on any atom is 0.257 e. The van der Waals surface area contributed by atoms with Crippen LogP contribution in [-0.4, -0.2) is 31.7 Å². The Morgan fingerprint density at radius 1 is 1.04 bits per heavy atom. The van der Waals surface area contributed by atoms with Crippen LogP contribution in [0.1, 0.15) is 29.6 Å². The van der Waals surface area contributed by atoms with Crippen LogP contribution in [0.3, 0.4) is 0 Å². The normalized spacial score (nSPS) is 15.6. The lowest BCUT2D eigenvalue weighted by Gasteiger charge is -2.26. The fourth-order valence-electron chi connectivity index (χ4n) is 2.91. The largest absolute Gasteiger partial charge is 0.319 e. The van der Waals surface area contributed by atoms with Crippen LogP contribution in [0.15, 0.2) is 47.4 Å². The molecule has 1 saturated heterocycles. The van der Waals surface area contributed by atoms with E-state index in [1.807, 2.05) is 0 Å². The molecule has 26 heavy (non-hydrogen) atoms. The van der Waals surface area contributed by atoms with Crippen molar-refractivity contribution in [1.82, 2.24) is 4.31 Å². The Labute approximate surface area is 156 Å². The number of carbonyl (C=O) groups is 1. The Morgan fingerprint density at radius 3 is 2.46 bits per heavy atom. The molecule has 1 heterocycles. The van der Waals surface area contributed by atoms with Gasteiger partial charge in [-0.15, -0.1) is 0 Å². The van der Waals surface area contributed by atoms with Gasteiger partial charge in [-0.05, 0) is 37.1 Å². The van der Waals surface area contributed by atoms with E-state index in [2.05, 4.69) is 5.32 Å². The highest BCUT2D eigenvalue weighted by Crippen LogP contribution is 2.26. The predicted octanol–water partition coefficient (Wildman–Crippen LogP) is 3.91. The van der Waals surface area contributed by atoms with Gasteiger partial charge in [0.25, 0.3) is 5.91 Å². The Balaban J connectivity index is 1.94. The molecule has 2 aromatic carbocycles. The van der Waals surface area contributed by atoms with Crippen LogP contribution in [0.25, 0.3) is 0 Å². The first-order chi connectivity index (χ1) is 12.4. The van der Waals surface area contributed by atoms with Crippen LogP contribution in [0.2, 0.25) is 5.02 Å². The van der Waals surface area contributed by atoms with Crippen molar-refractivity contribution in [3.63, 3.8) is 0 Å². The molecule has 0 spiro atoms. The lowest BCUT2D eigenvalue weighted by atomic mass is 10.2. The smallest absolute Gasteiger partial charge is 0.257 e. The Kier molecular flexibility index (Phi) is 5.60. The average Bonchev–Trinajstić information content (AvgIpc) is 2.66. The minimum atomic E-state index is -3.80. The van der Waals surface area contributed by atoms with Gasteiger partial charge in [0.2, 0.25) is 10.0 Å². The number of anilines is 1. The van der Waals surface area contributed by atoms with E-state index < -0.39 is 21.7 Å². The van der Waals surface area contributed by atoms with Crippen LogP contribution in [-0.2, 0) is 10.0 Å². The van der Waals surface area contributed by atoms with E-state index in [-0.39, 0.29) is 21.2 Å². The van der Waals surface area contributed by atoms with Gasteiger partial charge < -0.3 is 5.32 Å². The van der Waals surface area contributed by atoms with E-state index in [0.29, 0.717) is 13.1 Å². The van der Waals surface area contributed by atoms with Crippen LogP contribution >= 0.6 is 11.6 Å². The van der Waals surface area contributed by atoms with E-state index >= 15 is 0 Å². The number of carbonyl (C=O) groups excluding carboxylic acids is 1. The number of rotatable bonds is 4. The van der Waals surface area contributed by atoms with Crippen molar-refractivity contribution in [2.45, 2.75) is 24.2 Å². The highest BCUT2D eigenvalue weighted by atomic mass is 35.5. The summed E-state index contributed by atoms with van der Waals surface area (Å²) >= 11 is 5.72. The van der Waals surface area contributed by atoms with Gasteiger partial charge in [-0.25, -0.2) is 12.8 Å². The monoisotopic (exact) mass is 396 g/mol. The zero-order valence-corrected chi connectivity index (χ0v) is 15.5. The number of nitrogens with one attached hydrogen (secondary N) is 1. The highest BCUT2D eigenvalue weighted by Gasteiger charge is 2.30. The zero-order valence-electron chi connectivity index (χ0n) is 13.9. The number of nitrogens with zero attached hydrogens (tertiary/aromatic N) is 1. The van der Waals surface area contributed by atoms with Gasteiger partial charge >= 0.3 is 0 Å². The van der Waals surface area contributed by atoms with Crippen molar-refractivity contribution < 1.29 is 17.6 Å². The first kappa shape index (κ1) is 18.8. The van der Waals surface area contributed by atoms with Crippen molar-refractivity contribution in [1.29, 1.82) is 0 Å². The van der Waals surface area contributed by atoms with Gasteiger partial charge in [-0.1, -0.05) is 36.2 Å². The minimum Gasteiger partial charge on any atom is -0.319 e. The molecule has 1 amide bonds. The fourth-order valence-corrected chi connectivity index (χ4v) is 4.79. The minimum absolute atomic E-state index is 0.0301. The number of amides is 1. The summed E-state index contributed by atoms with van der Waals surface area (Å²) in [5.41, 5.74) is -0.134. The van der Waals surface area contributed by atoms with Crippen LogP contribution < -0.4 is 5.32 Å². The fraction of sp³-hybridized carbons (Fsp3) is 0.278. The van der Waals surface area contributed by atoms with E-state index in [1.54, 1.807) is 12.1 Å². The molecule has 0 aromatic heterocycles. The van der Waals surface area contributed by atoms with Gasteiger partial charge in [0.1, 0.15) is 0 Å². The summed E-state index contributed by atoms with van der Waals surface area (Å²) in [6, 6.07) is 10.2. The van der Waals surface area contributed by atoms with E-state index in [1.165, 1.54) is 34.6 Å². The summed E-state index contributed by atoms with van der Waals surface area (Å²) in [6.45, 7) is 0.864. The van der Waals surface area contributed by atoms with Gasteiger partial charge in [0.05, 0.1) is 21.2 Å². The number of piperidine rings is 1. The molecule has 0 radical (unpaired) electrons. The molecule has 3 rings (SSSR count). The van der Waals surface area contributed by atoms with Crippen molar-refractivity contribution in [3.05, 3.63) is 58.9 Å². The first-order valence-corrected chi connectivity index (χ1v) is 10.1. The summed E-state index contributed by atoms with van der Waals surface area (Å²) in [5, 5.41) is 2.27. The molecule has 1 fully saturated rings. The Bertz CT molecular complexity index is 928. The second-order valence-electron chi connectivity index (χ2n) is 6.02. The number of benzene rings is 2. The van der Waals surface area contributed by atoms with Crippen LogP contribution in [0.4, 0.5) is 10.1 Å². The lowest BCUT2D eigenvalue weighted by molar-refractivity contribution is 0.102. The van der Waals surface area contributed by atoms with Crippen LogP contribution in [0.5, 0.6) is 0 Å². The molecule has 0 atom stereocenters. The molecule has 1 aliphatic rings. The molecule has 1 N–H and O–H groups in total. The van der Waals surface area contributed by atoms with Gasteiger partial charge in [-0.3, -0.25) is 4.79 Å². The Hall–Kier alpha value is -1.96. The molecule has 0 aliphatic carbocycles. The molecule has 5 nitrogen and oxygen atoms in total. The maximum atomic E-state index is 14.0. The number of halogens is 2. The van der Waals surface area contributed by atoms with E-state index in [0.717, 1.165) is 19.3 Å². The van der Waals surface area contributed by atoms with Crippen molar-refractivity contribution >= 4 is 33.2 Å². The first-order valence-electron chi connectivity index (χ1n) is 8.26. The molecular formula is C18H18ClFN2O3S. The third-order valence-electron chi connectivity index (χ3n) is 4.26. The molecule has 8 heteroatoms. The van der Waals surface area contributed by atoms with Crippen LogP contribution in [0, 0.1) is 5.82 Å². The molecule has 0 unspecified atom stereocenters. The average molecular weight is 397 g/mol. The maximum absolute atomic E-state index is 14.0. The van der Waals surface area contributed by atoms with E-state index in [9.17, 15) is 17.6 Å². The Morgan fingerprint density at radius 2 is 1.73 bits per heavy atom. The lowest BCUT2D eigenvalue weighted by Crippen LogP contribution is -2.36. The van der Waals surface area contributed by atoms with Gasteiger partial charge in [0, 0.05) is 13.1 Å². The van der Waals surface area contributed by atoms with E-state index in [4.69, 9.17) is 11.6 Å². The molecule has 0 saturated carbocycles. The third-order valence-corrected chi connectivity index (χ3v) is 6.51. The summed E-state index contributed by atoms with van der Waals surface area (Å²) in [4.78, 5) is 12.5. The predicted molar refractivity (Wildman–Crippen MR) is 98.4 cm³/mol. The quantitative estimate of drug-likeness (QED) is 0.852. The topological polar surface area (TPSA) is 66.5 Å². The second kappa shape index (κ2) is 7.73. The number of hydrogen-bond donors (Lipinski definition) is 1. The zero-order chi connectivity index (χ0) is 18.7. The highest BCUT2D eigenvalue weighted by molar-refractivity contribution is 7.89. The number of sulfonamides is 1. The van der Waals surface area contributed by atoms with Crippen molar-refractivity contribution in [2.75, 3.05) is 18.4 Å². The SMILES string of the molecule is O=C(Nc1cccc(Cl)c1F)c1ccccc1S(=O)(=O)N1CCCCC1. The van der Waals surface area contributed by atoms with Gasteiger partial charge in [0.15, 0.2) is 5.82 Å². The molecule has 0 bridgehead atoms. The summed E-state index contributed by atoms with van der Waals surface area (Å²) < 4.78 is 41.3. The van der Waals surface area contributed by atoms with Crippen molar-refractivity contribution in [3.8, 4) is 0 Å². The molecule has 138 valence electrons. The van der Waals surface area contributed by atoms with Crippen molar-refractivity contribution in [2.24, 2.45) is 0 Å². The summed E-state index contributed by atoms with van der Waals surface area (Å²) in [7, 11) is -3.80. The second-order valence-corrected chi connectivity index (χ2v) is 8.33. The molecule has 1 aliphatic heterocycles. The van der Waals surface area contributed by atoms with Gasteiger partial charge in [-0.2, -0.15) is 4.31 Å². The summed E-state index contributed by atoms with van der Waals surface area (Å²) in [5.74, 6) is -1.47. The summed E-state index contributed by atoms with van der Waals surface area (Å²) in [6.07, 6.45) is 2.57. The standard InChI is InChI=1S/C18H18ClFN2O3S/c19-14-8-6-9-15(17(14)20)21-18(23)13-7-2-3-10-16(13)26(24,25)22-11-4-1-5-12-22/h2-3,6-10H,1,4-5,11-12H2,(H,21,23). The molecular weight excluding hydrogens is 379 g/mol. The third kappa shape index (κ3) is 3.75. The molecule has 2 aromatic rings.